The molecule has 0 heterocycles. The number of aliphatic hydroxyl groups excluding tert-OH is 2. The minimum absolute atomic E-state index is 0.311. The summed E-state index contributed by atoms with van der Waals surface area (Å²) in [5.41, 5.74) is -0.693. The van der Waals surface area contributed by atoms with Crippen molar-refractivity contribution >= 4 is 0 Å². The van der Waals surface area contributed by atoms with Crippen LogP contribution in [0.25, 0.3) is 0 Å². The Kier molecular flexibility index (Phi) is 4.32. The molecule has 5 heteroatoms. The molecule has 1 aromatic rings. The van der Waals surface area contributed by atoms with Crippen molar-refractivity contribution in [1.82, 2.24) is 0 Å². The van der Waals surface area contributed by atoms with Gasteiger partial charge in [0.05, 0.1) is 11.7 Å². The Balaban J connectivity index is 3.10. The Morgan fingerprint density at radius 2 is 1.58 bits per heavy atom. The summed E-state index contributed by atoms with van der Waals surface area (Å²) in [4.78, 5) is 0. The van der Waals surface area contributed by atoms with Gasteiger partial charge in [-0.1, -0.05) is 26.8 Å². The molecule has 0 spiro atoms. The van der Waals surface area contributed by atoms with E-state index in [-0.39, 0.29) is 0 Å². The van der Waals surface area contributed by atoms with Gasteiger partial charge in [-0.05, 0) is 35.6 Å². The van der Waals surface area contributed by atoms with Crippen molar-refractivity contribution in [2.45, 2.75) is 46.1 Å². The van der Waals surface area contributed by atoms with Crippen molar-refractivity contribution in [1.29, 1.82) is 0 Å². The van der Waals surface area contributed by atoms with E-state index < -0.39 is 29.4 Å². The summed E-state index contributed by atoms with van der Waals surface area (Å²) in [7, 11) is 0. The molecular weight excluding hydrogens is 257 g/mol. The fourth-order valence-corrected chi connectivity index (χ4v) is 1.83. The van der Waals surface area contributed by atoms with Crippen LogP contribution >= 0.6 is 0 Å². The molecule has 0 saturated heterocycles. The third-order valence-corrected chi connectivity index (χ3v) is 3.10. The normalized spacial score (nSPS) is 16.3. The van der Waals surface area contributed by atoms with Crippen LogP contribution in [0, 0.1) is 12.3 Å². The maximum Gasteiger partial charge on any atom is 0.416 e. The summed E-state index contributed by atoms with van der Waals surface area (Å²) in [6, 6.07) is 3.12. The molecule has 108 valence electrons. The van der Waals surface area contributed by atoms with E-state index >= 15 is 0 Å². The monoisotopic (exact) mass is 276 g/mol. The first-order chi connectivity index (χ1) is 8.44. The molecule has 2 nitrogen and oxygen atoms in total. The maximum atomic E-state index is 12.5. The second kappa shape index (κ2) is 5.13. The number of hydrogen-bond donors (Lipinski definition) is 2. The lowest BCUT2D eigenvalue weighted by molar-refractivity contribution is -0.137. The SMILES string of the molecule is Cc1cc(C(F)(F)F)ccc1C(O)C(O)C(C)(C)C. The van der Waals surface area contributed by atoms with Crippen molar-refractivity contribution in [2.75, 3.05) is 0 Å². The molecule has 1 aromatic carbocycles. The van der Waals surface area contributed by atoms with Gasteiger partial charge >= 0.3 is 6.18 Å². The predicted octanol–water partition coefficient (Wildman–Crippen LogP) is 3.45. The van der Waals surface area contributed by atoms with Crippen LogP contribution in [-0.2, 0) is 6.18 Å². The van der Waals surface area contributed by atoms with Crippen LogP contribution < -0.4 is 0 Å². The van der Waals surface area contributed by atoms with Gasteiger partial charge in [0, 0.05) is 0 Å². The minimum atomic E-state index is -4.41. The lowest BCUT2D eigenvalue weighted by atomic mass is 9.82. The summed E-state index contributed by atoms with van der Waals surface area (Å²) >= 11 is 0. The zero-order chi connectivity index (χ0) is 15.0. The number of aliphatic hydroxyl groups is 2. The maximum absolute atomic E-state index is 12.5. The van der Waals surface area contributed by atoms with Crippen LogP contribution in [0.15, 0.2) is 18.2 Å². The molecule has 0 amide bonds. The van der Waals surface area contributed by atoms with E-state index in [0.717, 1.165) is 12.1 Å². The molecule has 0 aliphatic rings. The van der Waals surface area contributed by atoms with Crippen molar-refractivity contribution in [2.24, 2.45) is 5.41 Å². The first-order valence-electron chi connectivity index (χ1n) is 5.98. The lowest BCUT2D eigenvalue weighted by Gasteiger charge is -2.31. The van der Waals surface area contributed by atoms with Gasteiger partial charge in [-0.3, -0.25) is 0 Å². The van der Waals surface area contributed by atoms with E-state index in [9.17, 15) is 23.4 Å². The Hall–Kier alpha value is -1.07. The van der Waals surface area contributed by atoms with Gasteiger partial charge in [0.15, 0.2) is 0 Å². The van der Waals surface area contributed by atoms with Gasteiger partial charge in [-0.2, -0.15) is 13.2 Å². The minimum Gasteiger partial charge on any atom is -0.390 e. The smallest absolute Gasteiger partial charge is 0.390 e. The molecule has 2 unspecified atom stereocenters. The second-order valence-corrected chi connectivity index (χ2v) is 5.82. The summed E-state index contributed by atoms with van der Waals surface area (Å²) < 4.78 is 37.6. The highest BCUT2D eigenvalue weighted by atomic mass is 19.4. The highest BCUT2D eigenvalue weighted by Crippen LogP contribution is 2.35. The zero-order valence-corrected chi connectivity index (χ0v) is 11.4. The van der Waals surface area contributed by atoms with Gasteiger partial charge < -0.3 is 10.2 Å². The summed E-state index contributed by atoms with van der Waals surface area (Å²) in [6.45, 7) is 6.74. The molecule has 0 saturated carbocycles. The molecule has 0 radical (unpaired) electrons. The van der Waals surface area contributed by atoms with Crippen molar-refractivity contribution in [3.8, 4) is 0 Å². The fourth-order valence-electron chi connectivity index (χ4n) is 1.83. The van der Waals surface area contributed by atoms with Gasteiger partial charge in [0.2, 0.25) is 0 Å². The van der Waals surface area contributed by atoms with Crippen LogP contribution in [0.1, 0.15) is 43.6 Å². The molecular formula is C14H19F3O2. The Bertz CT molecular complexity index is 447. The third kappa shape index (κ3) is 3.70. The number of halogens is 3. The molecule has 0 fully saturated rings. The van der Waals surface area contributed by atoms with E-state index in [1.807, 2.05) is 0 Å². The zero-order valence-electron chi connectivity index (χ0n) is 11.4. The first-order valence-corrected chi connectivity index (χ1v) is 5.98. The quantitative estimate of drug-likeness (QED) is 0.868. The Morgan fingerprint density at radius 1 is 1.05 bits per heavy atom. The summed E-state index contributed by atoms with van der Waals surface area (Å²) in [5.74, 6) is 0. The van der Waals surface area contributed by atoms with E-state index in [1.165, 1.54) is 13.0 Å². The highest BCUT2D eigenvalue weighted by Gasteiger charge is 2.33. The molecule has 2 atom stereocenters. The van der Waals surface area contributed by atoms with Crippen LogP contribution in [0.4, 0.5) is 13.2 Å². The summed E-state index contributed by atoms with van der Waals surface area (Å²) in [5, 5.41) is 20.1. The summed E-state index contributed by atoms with van der Waals surface area (Å²) in [6.07, 6.45) is -6.66. The number of hydrogen-bond acceptors (Lipinski definition) is 2. The molecule has 0 aromatic heterocycles. The van der Waals surface area contributed by atoms with Crippen molar-refractivity contribution < 1.29 is 23.4 Å². The van der Waals surface area contributed by atoms with Crippen LogP contribution in [0.2, 0.25) is 0 Å². The van der Waals surface area contributed by atoms with Gasteiger partial charge in [0.25, 0.3) is 0 Å². The largest absolute Gasteiger partial charge is 0.416 e. The fraction of sp³-hybridized carbons (Fsp3) is 0.571. The van der Waals surface area contributed by atoms with Gasteiger partial charge in [0.1, 0.15) is 6.10 Å². The molecule has 2 N–H and O–H groups in total. The van der Waals surface area contributed by atoms with E-state index in [0.29, 0.717) is 11.1 Å². The Labute approximate surface area is 110 Å². The van der Waals surface area contributed by atoms with Crippen molar-refractivity contribution in [3.05, 3.63) is 34.9 Å². The van der Waals surface area contributed by atoms with Crippen molar-refractivity contribution in [3.63, 3.8) is 0 Å². The topological polar surface area (TPSA) is 40.5 Å². The first kappa shape index (κ1) is 16.0. The van der Waals surface area contributed by atoms with E-state index in [4.69, 9.17) is 0 Å². The molecule has 0 aliphatic carbocycles. The molecule has 0 aliphatic heterocycles. The molecule has 19 heavy (non-hydrogen) atoms. The average molecular weight is 276 g/mol. The standard InChI is InChI=1S/C14H19F3O2/c1-8-7-9(14(15,16)17)5-6-10(8)11(18)12(19)13(2,3)4/h5-7,11-12,18-19H,1-4H3. The van der Waals surface area contributed by atoms with Crippen LogP contribution in [0.3, 0.4) is 0 Å². The second-order valence-electron chi connectivity index (χ2n) is 5.82. The van der Waals surface area contributed by atoms with E-state index in [2.05, 4.69) is 0 Å². The number of aryl methyl sites for hydroxylation is 1. The highest BCUT2D eigenvalue weighted by molar-refractivity contribution is 5.34. The predicted molar refractivity (Wildman–Crippen MR) is 66.6 cm³/mol. The molecule has 0 bridgehead atoms. The van der Waals surface area contributed by atoms with Gasteiger partial charge in [-0.25, -0.2) is 0 Å². The van der Waals surface area contributed by atoms with E-state index in [1.54, 1.807) is 20.8 Å². The number of rotatable bonds is 2. The average Bonchev–Trinajstić information content (AvgIpc) is 2.24. The lowest BCUT2D eigenvalue weighted by Crippen LogP contribution is -2.32. The third-order valence-electron chi connectivity index (χ3n) is 3.10. The number of benzene rings is 1. The number of alkyl halides is 3. The van der Waals surface area contributed by atoms with Gasteiger partial charge in [-0.15, -0.1) is 0 Å². The Morgan fingerprint density at radius 3 is 1.95 bits per heavy atom. The molecule has 1 rings (SSSR count). The van der Waals surface area contributed by atoms with Crippen LogP contribution in [-0.4, -0.2) is 16.3 Å². The van der Waals surface area contributed by atoms with Crippen LogP contribution in [0.5, 0.6) is 0 Å².